The van der Waals surface area contributed by atoms with Crippen molar-refractivity contribution in [1.82, 2.24) is 0 Å². The van der Waals surface area contributed by atoms with Gasteiger partial charge in [0.15, 0.2) is 12.4 Å². The normalized spacial score (nSPS) is 11.1. The maximum atomic E-state index is 12.4. The van der Waals surface area contributed by atoms with E-state index in [0.717, 1.165) is 16.7 Å². The van der Waals surface area contributed by atoms with Crippen LogP contribution < -0.4 is 0 Å². The van der Waals surface area contributed by atoms with Crippen LogP contribution in [-0.2, 0) is 14.9 Å². The molecule has 0 spiro atoms. The summed E-state index contributed by atoms with van der Waals surface area (Å²) >= 11 is 0. The first-order valence-electron chi connectivity index (χ1n) is 9.85. The van der Waals surface area contributed by atoms with Crippen LogP contribution in [0.25, 0.3) is 0 Å². The minimum absolute atomic E-state index is 0.188. The van der Waals surface area contributed by atoms with E-state index in [-0.39, 0.29) is 30.2 Å². The number of aryl methyl sites for hydroxylation is 1. The van der Waals surface area contributed by atoms with Crippen molar-refractivity contribution in [3.05, 3.63) is 107 Å². The van der Waals surface area contributed by atoms with Crippen molar-refractivity contribution in [1.29, 1.82) is 0 Å². The summed E-state index contributed by atoms with van der Waals surface area (Å²) in [7, 11) is 0. The summed E-state index contributed by atoms with van der Waals surface area (Å²) in [5, 5.41) is 0. The Labute approximate surface area is 172 Å². The van der Waals surface area contributed by atoms with Crippen LogP contribution in [0.1, 0.15) is 46.8 Å². The fourth-order valence-electron chi connectivity index (χ4n) is 3.46. The molecule has 0 heterocycles. The zero-order chi connectivity index (χ0) is 20.7. The van der Waals surface area contributed by atoms with E-state index in [1.54, 1.807) is 12.1 Å². The summed E-state index contributed by atoms with van der Waals surface area (Å²) in [4.78, 5) is 24.6. The van der Waals surface area contributed by atoms with Gasteiger partial charge in [0.25, 0.3) is 0 Å². The Morgan fingerprint density at radius 3 is 1.83 bits per heavy atom. The van der Waals surface area contributed by atoms with Crippen LogP contribution in [0.3, 0.4) is 0 Å². The first-order valence-corrected chi connectivity index (χ1v) is 9.85. The third-order valence-corrected chi connectivity index (χ3v) is 5.39. The molecule has 3 nitrogen and oxygen atoms in total. The first kappa shape index (κ1) is 20.5. The van der Waals surface area contributed by atoms with E-state index in [4.69, 9.17) is 4.74 Å². The summed E-state index contributed by atoms with van der Waals surface area (Å²) < 4.78 is 5.27. The topological polar surface area (TPSA) is 43.4 Å². The monoisotopic (exact) mass is 386 g/mol. The van der Waals surface area contributed by atoms with E-state index in [9.17, 15) is 9.59 Å². The molecule has 0 aliphatic heterocycles. The minimum atomic E-state index is -0.358. The smallest absolute Gasteiger partial charge is 0.306 e. The second kappa shape index (κ2) is 9.33. The fraction of sp³-hybridized carbons (Fsp3) is 0.231. The predicted octanol–water partition coefficient (Wildman–Crippen LogP) is 5.51. The van der Waals surface area contributed by atoms with Crippen LogP contribution in [0.2, 0.25) is 0 Å². The van der Waals surface area contributed by atoms with Crippen LogP contribution in [0, 0.1) is 6.92 Å². The van der Waals surface area contributed by atoms with Gasteiger partial charge in [-0.15, -0.1) is 0 Å². The van der Waals surface area contributed by atoms with Crippen LogP contribution in [0.5, 0.6) is 0 Å². The Bertz CT molecular complexity index is 905. The molecular weight excluding hydrogens is 360 g/mol. The van der Waals surface area contributed by atoms with Crippen LogP contribution in [0.15, 0.2) is 84.9 Å². The molecule has 3 aromatic rings. The summed E-state index contributed by atoms with van der Waals surface area (Å²) in [6.07, 6.45) is 0.833. The van der Waals surface area contributed by atoms with Crippen molar-refractivity contribution in [2.24, 2.45) is 0 Å². The van der Waals surface area contributed by atoms with Crippen molar-refractivity contribution in [3.8, 4) is 0 Å². The lowest BCUT2D eigenvalue weighted by atomic mass is 9.73. The van der Waals surface area contributed by atoms with Gasteiger partial charge in [-0.25, -0.2) is 0 Å². The second-order valence-corrected chi connectivity index (χ2v) is 7.51. The summed E-state index contributed by atoms with van der Waals surface area (Å²) in [5.41, 5.74) is 3.62. The standard InChI is InChI=1S/C26H26O3/c1-20-13-15-21(16-14-20)24(27)19-29-25(28)17-18-26(2,22-9-5-3-6-10-22)23-11-7-4-8-12-23/h3-16H,17-19H2,1-2H3. The lowest BCUT2D eigenvalue weighted by Gasteiger charge is -2.31. The summed E-state index contributed by atoms with van der Waals surface area (Å²) in [6, 6.07) is 27.6. The lowest BCUT2D eigenvalue weighted by molar-refractivity contribution is -0.142. The van der Waals surface area contributed by atoms with Crippen LogP contribution in [0.4, 0.5) is 0 Å². The van der Waals surface area contributed by atoms with E-state index >= 15 is 0 Å². The molecule has 29 heavy (non-hydrogen) atoms. The molecule has 3 heteroatoms. The predicted molar refractivity (Wildman–Crippen MR) is 115 cm³/mol. The Morgan fingerprint density at radius 1 is 0.793 bits per heavy atom. The van der Waals surface area contributed by atoms with Crippen LogP contribution in [-0.4, -0.2) is 18.4 Å². The third kappa shape index (κ3) is 5.20. The SMILES string of the molecule is Cc1ccc(C(=O)COC(=O)CCC(C)(c2ccccc2)c2ccccc2)cc1. The molecule has 0 unspecified atom stereocenters. The molecule has 0 saturated heterocycles. The zero-order valence-electron chi connectivity index (χ0n) is 16.9. The maximum absolute atomic E-state index is 12.4. The van der Waals surface area contributed by atoms with Crippen molar-refractivity contribution in [3.63, 3.8) is 0 Å². The van der Waals surface area contributed by atoms with Crippen molar-refractivity contribution in [2.45, 2.75) is 32.1 Å². The zero-order valence-corrected chi connectivity index (χ0v) is 16.9. The number of carbonyl (C=O) groups is 2. The highest BCUT2D eigenvalue weighted by molar-refractivity contribution is 5.97. The van der Waals surface area contributed by atoms with E-state index in [0.29, 0.717) is 12.0 Å². The van der Waals surface area contributed by atoms with Gasteiger partial charge in [0, 0.05) is 17.4 Å². The van der Waals surface area contributed by atoms with E-state index in [2.05, 4.69) is 31.2 Å². The van der Waals surface area contributed by atoms with Crippen molar-refractivity contribution in [2.75, 3.05) is 6.61 Å². The van der Waals surface area contributed by atoms with Crippen molar-refractivity contribution < 1.29 is 14.3 Å². The number of benzene rings is 3. The molecule has 0 radical (unpaired) electrons. The van der Waals surface area contributed by atoms with Gasteiger partial charge in [-0.05, 0) is 24.5 Å². The number of esters is 1. The van der Waals surface area contributed by atoms with Gasteiger partial charge >= 0.3 is 5.97 Å². The molecule has 148 valence electrons. The average Bonchev–Trinajstić information content (AvgIpc) is 2.77. The Kier molecular flexibility index (Phi) is 6.61. The number of carbonyl (C=O) groups excluding carboxylic acids is 2. The molecule has 0 fully saturated rings. The molecular formula is C26H26O3. The number of ketones is 1. The minimum Gasteiger partial charge on any atom is -0.457 e. The number of hydrogen-bond donors (Lipinski definition) is 0. The second-order valence-electron chi connectivity index (χ2n) is 7.51. The quantitative estimate of drug-likeness (QED) is 0.379. The number of ether oxygens (including phenoxy) is 1. The number of rotatable bonds is 8. The highest BCUT2D eigenvalue weighted by Crippen LogP contribution is 2.36. The largest absolute Gasteiger partial charge is 0.457 e. The van der Waals surface area contributed by atoms with Crippen molar-refractivity contribution >= 4 is 11.8 Å². The molecule has 0 aliphatic rings. The van der Waals surface area contributed by atoms with Gasteiger partial charge in [0.2, 0.25) is 0 Å². The molecule has 0 bridgehead atoms. The highest BCUT2D eigenvalue weighted by Gasteiger charge is 2.29. The Morgan fingerprint density at radius 2 is 1.31 bits per heavy atom. The Hall–Kier alpha value is -3.20. The summed E-state index contributed by atoms with van der Waals surface area (Å²) in [6.45, 7) is 3.88. The highest BCUT2D eigenvalue weighted by atomic mass is 16.5. The van der Waals surface area contributed by atoms with Crippen LogP contribution >= 0.6 is 0 Å². The van der Waals surface area contributed by atoms with Gasteiger partial charge in [0.05, 0.1) is 0 Å². The molecule has 3 rings (SSSR count). The first-order chi connectivity index (χ1) is 14.0. The molecule has 0 atom stereocenters. The lowest BCUT2D eigenvalue weighted by Crippen LogP contribution is -2.25. The molecule has 0 saturated carbocycles. The van der Waals surface area contributed by atoms with E-state index in [1.165, 1.54) is 0 Å². The molecule has 0 amide bonds. The van der Waals surface area contributed by atoms with E-state index < -0.39 is 0 Å². The average molecular weight is 386 g/mol. The molecule has 3 aromatic carbocycles. The van der Waals surface area contributed by atoms with Gasteiger partial charge < -0.3 is 4.74 Å². The third-order valence-electron chi connectivity index (χ3n) is 5.39. The van der Waals surface area contributed by atoms with Gasteiger partial charge in [-0.1, -0.05) is 97.4 Å². The van der Waals surface area contributed by atoms with Gasteiger partial charge in [-0.2, -0.15) is 0 Å². The Balaban J connectivity index is 1.64. The number of hydrogen-bond acceptors (Lipinski definition) is 3. The summed E-state index contributed by atoms with van der Waals surface area (Å²) in [5.74, 6) is -0.546. The fourth-order valence-corrected chi connectivity index (χ4v) is 3.46. The van der Waals surface area contributed by atoms with Gasteiger partial charge in [-0.3, -0.25) is 9.59 Å². The maximum Gasteiger partial charge on any atom is 0.306 e. The number of Topliss-reactive ketones (excluding diaryl/α,β-unsaturated/α-hetero) is 1. The molecule has 0 N–H and O–H groups in total. The van der Waals surface area contributed by atoms with E-state index in [1.807, 2.05) is 55.5 Å². The van der Waals surface area contributed by atoms with Gasteiger partial charge in [0.1, 0.15) is 0 Å². The molecule has 0 aromatic heterocycles. The molecule has 0 aliphatic carbocycles.